The van der Waals surface area contributed by atoms with Crippen LogP contribution in [0.1, 0.15) is 13.8 Å². The van der Waals surface area contributed by atoms with Crippen LogP contribution >= 0.6 is 0 Å². The van der Waals surface area contributed by atoms with Crippen molar-refractivity contribution in [2.24, 2.45) is 5.92 Å². The molecule has 8 heteroatoms. The Morgan fingerprint density at radius 3 is 2.68 bits per heavy atom. The highest BCUT2D eigenvalue weighted by Gasteiger charge is 2.17. The Morgan fingerprint density at radius 1 is 1.42 bits per heavy atom. The van der Waals surface area contributed by atoms with Gasteiger partial charge in [-0.25, -0.2) is 14.3 Å². The van der Waals surface area contributed by atoms with Crippen molar-refractivity contribution in [3.05, 3.63) is 27.2 Å². The maximum atomic E-state index is 12.2. The molecule has 2 aromatic rings. The molecule has 0 unspecified atom stereocenters. The third-order valence-electron chi connectivity index (χ3n) is 2.64. The van der Waals surface area contributed by atoms with Gasteiger partial charge in [-0.05, 0) is 5.92 Å². The largest absolute Gasteiger partial charge is 0.480 e. The van der Waals surface area contributed by atoms with Crippen molar-refractivity contribution >= 4 is 17.1 Å². The minimum Gasteiger partial charge on any atom is -0.480 e. The molecule has 0 radical (unpaired) electrons. The second kappa shape index (κ2) is 4.71. The van der Waals surface area contributed by atoms with E-state index < -0.39 is 23.8 Å². The van der Waals surface area contributed by atoms with Gasteiger partial charge in [0.05, 0.1) is 6.33 Å². The Balaban J connectivity index is 2.79. The zero-order valence-electron chi connectivity index (χ0n) is 10.6. The molecular weight excluding hydrogens is 252 g/mol. The first-order valence-electron chi connectivity index (χ1n) is 5.80. The fraction of sp³-hybridized carbons (Fsp3) is 0.455. The SMILES string of the molecule is CC(C)Cn1c(=O)n(CC(=O)O)c(=O)c2[nH]cnc21. The lowest BCUT2D eigenvalue weighted by atomic mass is 10.2. The van der Waals surface area contributed by atoms with Gasteiger partial charge in [0.15, 0.2) is 5.65 Å². The van der Waals surface area contributed by atoms with Crippen molar-refractivity contribution in [3.8, 4) is 0 Å². The van der Waals surface area contributed by atoms with E-state index in [0.717, 1.165) is 0 Å². The Kier molecular flexibility index (Phi) is 3.24. The molecule has 2 N–H and O–H groups in total. The standard InChI is InChI=1S/C11H14N4O4/c1-6(2)3-14-9-8(12-5-13-9)10(18)15(11(14)19)4-7(16)17/h5-6H,3-4H2,1-2H3,(H,12,13)(H,16,17). The maximum Gasteiger partial charge on any atom is 0.333 e. The fourth-order valence-electron chi connectivity index (χ4n) is 1.91. The number of aromatic amines is 1. The zero-order valence-corrected chi connectivity index (χ0v) is 10.6. The van der Waals surface area contributed by atoms with E-state index in [4.69, 9.17) is 5.11 Å². The van der Waals surface area contributed by atoms with Crippen molar-refractivity contribution < 1.29 is 9.90 Å². The quantitative estimate of drug-likeness (QED) is 0.784. The summed E-state index contributed by atoms with van der Waals surface area (Å²) < 4.78 is 2.02. The lowest BCUT2D eigenvalue weighted by Gasteiger charge is -2.11. The minimum absolute atomic E-state index is 0.140. The summed E-state index contributed by atoms with van der Waals surface area (Å²) in [6.45, 7) is 3.53. The molecule has 0 aliphatic carbocycles. The van der Waals surface area contributed by atoms with Crippen LogP contribution in [0.3, 0.4) is 0 Å². The van der Waals surface area contributed by atoms with E-state index >= 15 is 0 Å². The predicted octanol–water partition coefficient (Wildman–Crippen LogP) is -0.373. The van der Waals surface area contributed by atoms with Crippen LogP contribution in [0.5, 0.6) is 0 Å². The van der Waals surface area contributed by atoms with Crippen molar-refractivity contribution in [3.63, 3.8) is 0 Å². The summed E-state index contributed by atoms with van der Waals surface area (Å²) in [6.07, 6.45) is 1.31. The molecule has 2 rings (SSSR count). The summed E-state index contributed by atoms with van der Waals surface area (Å²) in [5.74, 6) is -1.08. The summed E-state index contributed by atoms with van der Waals surface area (Å²) in [6, 6.07) is 0. The molecule has 0 bridgehead atoms. The molecule has 0 atom stereocenters. The highest BCUT2D eigenvalue weighted by molar-refractivity contribution is 5.70. The third kappa shape index (κ3) is 2.28. The first-order chi connectivity index (χ1) is 8.91. The summed E-state index contributed by atoms with van der Waals surface area (Å²) in [5.41, 5.74) is -0.924. The molecule has 0 aliphatic heterocycles. The Hall–Kier alpha value is -2.38. The minimum atomic E-state index is -1.24. The van der Waals surface area contributed by atoms with Crippen molar-refractivity contribution in [1.29, 1.82) is 0 Å². The molecule has 2 heterocycles. The van der Waals surface area contributed by atoms with E-state index in [1.165, 1.54) is 10.9 Å². The topological polar surface area (TPSA) is 110 Å². The van der Waals surface area contributed by atoms with Crippen LogP contribution in [0, 0.1) is 5.92 Å². The molecule has 0 fully saturated rings. The average Bonchev–Trinajstić information content (AvgIpc) is 2.78. The molecule has 0 saturated carbocycles. The van der Waals surface area contributed by atoms with Gasteiger partial charge in [0.1, 0.15) is 12.1 Å². The number of carboxylic acid groups (broad SMARTS) is 1. The molecule has 0 spiro atoms. The number of fused-ring (bicyclic) bond motifs is 1. The van der Waals surface area contributed by atoms with Gasteiger partial charge in [-0.15, -0.1) is 0 Å². The summed E-state index contributed by atoms with van der Waals surface area (Å²) in [5, 5.41) is 8.78. The first-order valence-corrected chi connectivity index (χ1v) is 5.80. The number of carbonyl (C=O) groups is 1. The van der Waals surface area contributed by atoms with Gasteiger partial charge in [-0.2, -0.15) is 0 Å². The van der Waals surface area contributed by atoms with Gasteiger partial charge < -0.3 is 10.1 Å². The van der Waals surface area contributed by atoms with Gasteiger partial charge in [-0.1, -0.05) is 13.8 Å². The van der Waals surface area contributed by atoms with Crippen molar-refractivity contribution in [2.75, 3.05) is 0 Å². The van der Waals surface area contributed by atoms with Gasteiger partial charge in [0, 0.05) is 6.54 Å². The van der Waals surface area contributed by atoms with Crippen LogP contribution in [0.25, 0.3) is 11.2 Å². The number of imidazole rings is 1. The number of hydrogen-bond donors (Lipinski definition) is 2. The molecule has 0 saturated heterocycles. The number of rotatable bonds is 4. The van der Waals surface area contributed by atoms with Crippen LogP contribution in [-0.2, 0) is 17.9 Å². The summed E-state index contributed by atoms with van der Waals surface area (Å²) in [7, 11) is 0. The lowest BCUT2D eigenvalue weighted by molar-refractivity contribution is -0.137. The van der Waals surface area contributed by atoms with Gasteiger partial charge >= 0.3 is 11.7 Å². The van der Waals surface area contributed by atoms with Crippen LogP contribution < -0.4 is 11.2 Å². The lowest BCUT2D eigenvalue weighted by Crippen LogP contribution is -2.42. The Labute approximate surface area is 107 Å². The van der Waals surface area contributed by atoms with E-state index in [0.29, 0.717) is 11.1 Å². The number of H-pyrrole nitrogens is 1. The molecule has 8 nitrogen and oxygen atoms in total. The maximum absolute atomic E-state index is 12.2. The summed E-state index contributed by atoms with van der Waals surface area (Å²) in [4.78, 5) is 41.5. The average molecular weight is 266 g/mol. The molecule has 102 valence electrons. The highest BCUT2D eigenvalue weighted by Crippen LogP contribution is 2.04. The summed E-state index contributed by atoms with van der Waals surface area (Å²) >= 11 is 0. The smallest absolute Gasteiger partial charge is 0.333 e. The fourth-order valence-corrected chi connectivity index (χ4v) is 1.91. The van der Waals surface area contributed by atoms with E-state index in [2.05, 4.69) is 9.97 Å². The number of hydrogen-bond acceptors (Lipinski definition) is 4. The predicted molar refractivity (Wildman–Crippen MR) is 67.1 cm³/mol. The number of nitrogens with zero attached hydrogens (tertiary/aromatic N) is 3. The first kappa shape index (κ1) is 13.1. The number of aromatic nitrogens is 4. The molecule has 19 heavy (non-hydrogen) atoms. The zero-order chi connectivity index (χ0) is 14.2. The van der Waals surface area contributed by atoms with Crippen LogP contribution in [-0.4, -0.2) is 30.2 Å². The molecule has 0 aliphatic rings. The van der Waals surface area contributed by atoms with E-state index in [1.54, 1.807) is 0 Å². The van der Waals surface area contributed by atoms with E-state index in [9.17, 15) is 14.4 Å². The number of aliphatic carboxylic acids is 1. The second-order valence-electron chi connectivity index (χ2n) is 4.67. The molecule has 0 amide bonds. The number of carboxylic acids is 1. The van der Waals surface area contributed by atoms with Gasteiger partial charge in [0.2, 0.25) is 0 Å². The van der Waals surface area contributed by atoms with Gasteiger partial charge in [-0.3, -0.25) is 14.2 Å². The van der Waals surface area contributed by atoms with E-state index in [-0.39, 0.29) is 17.1 Å². The molecule has 2 aromatic heterocycles. The molecule has 0 aromatic carbocycles. The van der Waals surface area contributed by atoms with Crippen molar-refractivity contribution in [2.45, 2.75) is 26.9 Å². The van der Waals surface area contributed by atoms with Crippen molar-refractivity contribution in [1.82, 2.24) is 19.1 Å². The second-order valence-corrected chi connectivity index (χ2v) is 4.67. The van der Waals surface area contributed by atoms with Crippen LogP contribution in [0.4, 0.5) is 0 Å². The number of nitrogens with one attached hydrogen (secondary N) is 1. The Bertz CT molecular complexity index is 737. The Morgan fingerprint density at radius 2 is 2.11 bits per heavy atom. The normalized spacial score (nSPS) is 11.3. The highest BCUT2D eigenvalue weighted by atomic mass is 16.4. The molecular formula is C11H14N4O4. The van der Waals surface area contributed by atoms with Crippen LogP contribution in [0.15, 0.2) is 15.9 Å². The monoisotopic (exact) mass is 266 g/mol. The third-order valence-corrected chi connectivity index (χ3v) is 2.64. The van der Waals surface area contributed by atoms with E-state index in [1.807, 2.05) is 13.8 Å². The van der Waals surface area contributed by atoms with Gasteiger partial charge in [0.25, 0.3) is 5.56 Å². The van der Waals surface area contributed by atoms with Crippen LogP contribution in [0.2, 0.25) is 0 Å².